The maximum absolute atomic E-state index is 13.6. The second-order valence-corrected chi connectivity index (χ2v) is 13.1. The van der Waals surface area contributed by atoms with Gasteiger partial charge in [0.15, 0.2) is 11.6 Å². The van der Waals surface area contributed by atoms with E-state index in [2.05, 4.69) is 30.5 Å². The molecule has 3 fully saturated rings. The van der Waals surface area contributed by atoms with Gasteiger partial charge < -0.3 is 15.5 Å². The Balaban J connectivity index is 0.922. The Morgan fingerprint density at radius 2 is 1.66 bits per heavy atom. The van der Waals surface area contributed by atoms with Crippen LogP contribution in [0.2, 0.25) is 0 Å². The summed E-state index contributed by atoms with van der Waals surface area (Å²) in [6, 6.07) is 11.4. The molecule has 0 radical (unpaired) electrons. The van der Waals surface area contributed by atoms with Gasteiger partial charge in [-0.1, -0.05) is 12.1 Å². The van der Waals surface area contributed by atoms with E-state index in [0.717, 1.165) is 58.0 Å². The number of nitrogens with one attached hydrogen (secondary N) is 2. The second kappa shape index (κ2) is 13.8. The average molecular weight is 643 g/mol. The van der Waals surface area contributed by atoms with Crippen LogP contribution in [0.5, 0.6) is 0 Å². The van der Waals surface area contributed by atoms with Gasteiger partial charge in [0.25, 0.3) is 11.5 Å². The Morgan fingerprint density at radius 3 is 2.43 bits per heavy atom. The van der Waals surface area contributed by atoms with Gasteiger partial charge in [0.2, 0.25) is 0 Å². The number of aromatic nitrogens is 4. The molecule has 1 aliphatic heterocycles. The fourth-order valence-electron chi connectivity index (χ4n) is 6.83. The number of nitrogens with zero attached hydrogens (tertiary/aromatic N) is 6. The van der Waals surface area contributed by atoms with Crippen molar-refractivity contribution in [3.63, 3.8) is 0 Å². The SMILES string of the molecule is O=C(NCc1ccc2ncc(N[C@H]3CC[C@H](N4CCN(CC5CC5)CC4)CC3)nc2c1)c1ccnn(Cc2ccc(F)c(F)c2)c1=O. The number of hydrogen-bond donors (Lipinski definition) is 2. The second-order valence-electron chi connectivity index (χ2n) is 13.1. The number of anilines is 1. The lowest BCUT2D eigenvalue weighted by Gasteiger charge is -2.42. The lowest BCUT2D eigenvalue weighted by molar-refractivity contribution is 0.0752. The fourth-order valence-corrected chi connectivity index (χ4v) is 6.83. The Morgan fingerprint density at radius 1 is 0.872 bits per heavy atom. The zero-order chi connectivity index (χ0) is 32.3. The summed E-state index contributed by atoms with van der Waals surface area (Å²) in [5, 5.41) is 10.4. The standard InChI is InChI=1S/C35H40F2N8O2/c36-29-9-3-25(17-30(29)37)22-45-35(47)28(11-12-40-45)34(46)39-19-24-4-10-31-32(18-24)42-33(20-38-31)41-26-5-7-27(8-6-26)44-15-13-43(14-16-44)21-23-1-2-23/h3-4,9-12,17-18,20,23,26-27H,1-2,5-8,13-16,19,21-22H2,(H,39,46)(H,41,42)/t26-,27-. The number of benzene rings is 2. The van der Waals surface area contributed by atoms with Gasteiger partial charge in [-0.15, -0.1) is 0 Å². The van der Waals surface area contributed by atoms with Crippen LogP contribution in [0.25, 0.3) is 11.0 Å². The number of halogens is 2. The van der Waals surface area contributed by atoms with Crippen LogP contribution in [0.15, 0.2) is 59.7 Å². The molecule has 12 heteroatoms. The number of carbonyl (C=O) groups excluding carboxylic acids is 1. The van der Waals surface area contributed by atoms with E-state index in [1.807, 2.05) is 18.2 Å². The molecule has 0 bridgehead atoms. The van der Waals surface area contributed by atoms with Gasteiger partial charge in [-0.05, 0) is 85.9 Å². The number of rotatable bonds is 10. The molecular formula is C35H40F2N8O2. The van der Waals surface area contributed by atoms with Gasteiger partial charge in [0.1, 0.15) is 11.4 Å². The summed E-state index contributed by atoms with van der Waals surface area (Å²) in [6.07, 6.45) is 10.6. The number of hydrogen-bond acceptors (Lipinski definition) is 8. The molecule has 1 saturated heterocycles. The lowest BCUT2D eigenvalue weighted by atomic mass is 9.89. The van der Waals surface area contributed by atoms with Crippen LogP contribution >= 0.6 is 0 Å². The molecule has 47 heavy (non-hydrogen) atoms. The van der Waals surface area contributed by atoms with Crippen molar-refractivity contribution in [1.82, 2.24) is 34.9 Å². The third-order valence-corrected chi connectivity index (χ3v) is 9.72. The normalized spacial score (nSPS) is 20.7. The molecule has 2 N–H and O–H groups in total. The van der Waals surface area contributed by atoms with Crippen LogP contribution in [-0.4, -0.2) is 80.3 Å². The number of fused-ring (bicyclic) bond motifs is 1. The molecule has 4 aromatic rings. The Hall–Kier alpha value is -4.29. The summed E-state index contributed by atoms with van der Waals surface area (Å²) in [7, 11) is 0. The first-order chi connectivity index (χ1) is 22.9. The number of piperazine rings is 1. The van der Waals surface area contributed by atoms with Crippen LogP contribution in [0.4, 0.5) is 14.6 Å². The summed E-state index contributed by atoms with van der Waals surface area (Å²) < 4.78 is 28.0. The minimum Gasteiger partial charge on any atom is -0.366 e. The van der Waals surface area contributed by atoms with E-state index in [-0.39, 0.29) is 18.7 Å². The van der Waals surface area contributed by atoms with Gasteiger partial charge in [-0.3, -0.25) is 19.5 Å². The molecular weight excluding hydrogens is 602 g/mol. The highest BCUT2D eigenvalue weighted by Crippen LogP contribution is 2.31. The van der Waals surface area contributed by atoms with Crippen LogP contribution in [0.1, 0.15) is 60.0 Å². The molecule has 0 atom stereocenters. The molecule has 2 aliphatic carbocycles. The van der Waals surface area contributed by atoms with Gasteiger partial charge in [-0.2, -0.15) is 5.10 Å². The van der Waals surface area contributed by atoms with E-state index in [9.17, 15) is 18.4 Å². The van der Waals surface area contributed by atoms with Gasteiger partial charge in [0, 0.05) is 57.5 Å². The topological polar surface area (TPSA) is 108 Å². The average Bonchev–Trinajstić information content (AvgIpc) is 3.91. The molecule has 3 heterocycles. The molecule has 0 unspecified atom stereocenters. The molecule has 0 spiro atoms. The number of carbonyl (C=O) groups is 1. The third kappa shape index (κ3) is 7.65. The zero-order valence-corrected chi connectivity index (χ0v) is 26.4. The van der Waals surface area contributed by atoms with Crippen molar-refractivity contribution in [2.24, 2.45) is 5.92 Å². The van der Waals surface area contributed by atoms with Gasteiger partial charge >= 0.3 is 0 Å². The first kappa shape index (κ1) is 31.3. The van der Waals surface area contributed by atoms with Crippen molar-refractivity contribution in [2.45, 2.75) is 63.7 Å². The minimum absolute atomic E-state index is 0.0970. The predicted molar refractivity (Wildman–Crippen MR) is 175 cm³/mol. The predicted octanol–water partition coefficient (Wildman–Crippen LogP) is 4.19. The molecule has 2 aromatic carbocycles. The fraction of sp³-hybridized carbons (Fsp3) is 0.457. The van der Waals surface area contributed by atoms with Crippen molar-refractivity contribution in [3.05, 3.63) is 93.5 Å². The molecule has 246 valence electrons. The Kier molecular flexibility index (Phi) is 9.21. The largest absolute Gasteiger partial charge is 0.366 e. The van der Waals surface area contributed by atoms with E-state index < -0.39 is 23.1 Å². The summed E-state index contributed by atoms with van der Waals surface area (Å²) in [5.74, 6) is -0.846. The maximum Gasteiger partial charge on any atom is 0.279 e. The van der Waals surface area contributed by atoms with Crippen LogP contribution in [-0.2, 0) is 13.1 Å². The van der Waals surface area contributed by atoms with Crippen LogP contribution in [0.3, 0.4) is 0 Å². The minimum atomic E-state index is -1.02. The van der Waals surface area contributed by atoms with Gasteiger partial charge in [-0.25, -0.2) is 18.4 Å². The first-order valence-corrected chi connectivity index (χ1v) is 16.6. The summed E-state index contributed by atoms with van der Waals surface area (Å²) in [5.41, 5.74) is 1.91. The van der Waals surface area contributed by atoms with Crippen molar-refractivity contribution >= 4 is 22.8 Å². The molecule has 2 aromatic heterocycles. The van der Waals surface area contributed by atoms with E-state index in [0.29, 0.717) is 17.6 Å². The first-order valence-electron chi connectivity index (χ1n) is 16.6. The quantitative estimate of drug-likeness (QED) is 0.265. The van der Waals surface area contributed by atoms with E-state index >= 15 is 0 Å². The summed E-state index contributed by atoms with van der Waals surface area (Å²) in [4.78, 5) is 40.7. The highest BCUT2D eigenvalue weighted by atomic mass is 19.2. The van der Waals surface area contributed by atoms with Crippen molar-refractivity contribution < 1.29 is 13.6 Å². The summed E-state index contributed by atoms with van der Waals surface area (Å²) in [6.45, 7) is 6.17. The van der Waals surface area contributed by atoms with Crippen LogP contribution in [0, 0.1) is 17.6 Å². The molecule has 2 saturated carbocycles. The Labute approximate surface area is 272 Å². The zero-order valence-electron chi connectivity index (χ0n) is 26.4. The maximum atomic E-state index is 13.6. The molecule has 10 nitrogen and oxygen atoms in total. The molecule has 7 rings (SSSR count). The van der Waals surface area contributed by atoms with E-state index in [1.54, 1.807) is 6.20 Å². The van der Waals surface area contributed by atoms with Crippen molar-refractivity contribution in [1.29, 1.82) is 0 Å². The lowest BCUT2D eigenvalue weighted by Crippen LogP contribution is -2.51. The smallest absolute Gasteiger partial charge is 0.279 e. The highest BCUT2D eigenvalue weighted by molar-refractivity contribution is 5.93. The van der Waals surface area contributed by atoms with Crippen molar-refractivity contribution in [2.75, 3.05) is 38.0 Å². The molecule has 1 amide bonds. The van der Waals surface area contributed by atoms with E-state index in [1.165, 1.54) is 76.7 Å². The van der Waals surface area contributed by atoms with Crippen molar-refractivity contribution in [3.8, 4) is 0 Å². The monoisotopic (exact) mass is 642 g/mol. The van der Waals surface area contributed by atoms with Crippen LogP contribution < -0.4 is 16.2 Å². The Bertz CT molecular complexity index is 1800. The van der Waals surface area contributed by atoms with E-state index in [4.69, 9.17) is 4.98 Å². The summed E-state index contributed by atoms with van der Waals surface area (Å²) >= 11 is 0. The molecule has 3 aliphatic rings. The highest BCUT2D eigenvalue weighted by Gasteiger charge is 2.30. The third-order valence-electron chi connectivity index (χ3n) is 9.72. The number of amides is 1. The van der Waals surface area contributed by atoms with Gasteiger partial charge in [0.05, 0.1) is 23.8 Å².